The molecule has 0 amide bonds. The number of anilines is 1. The summed E-state index contributed by atoms with van der Waals surface area (Å²) in [5.41, 5.74) is 7.65. The third-order valence-electron chi connectivity index (χ3n) is 2.29. The molecule has 0 aliphatic heterocycles. The lowest BCUT2D eigenvalue weighted by molar-refractivity contribution is 1.13. The lowest BCUT2D eigenvalue weighted by Crippen LogP contribution is -1.97. The molecule has 0 unspecified atom stereocenters. The van der Waals surface area contributed by atoms with Gasteiger partial charge in [-0.05, 0) is 24.1 Å². The van der Waals surface area contributed by atoms with Crippen LogP contribution in [0.3, 0.4) is 0 Å². The zero-order valence-corrected chi connectivity index (χ0v) is 8.67. The topological polar surface area (TPSA) is 38.9 Å². The van der Waals surface area contributed by atoms with Gasteiger partial charge in [-0.15, -0.1) is 0 Å². The van der Waals surface area contributed by atoms with Gasteiger partial charge >= 0.3 is 0 Å². The summed E-state index contributed by atoms with van der Waals surface area (Å²) in [6.07, 6.45) is 0.890. The SMILES string of the molecule is CCc1cc2cccc(Cl)c2nc1N. The fourth-order valence-electron chi connectivity index (χ4n) is 1.50. The number of nitrogens with zero attached hydrogens (tertiary/aromatic N) is 1. The summed E-state index contributed by atoms with van der Waals surface area (Å²) in [7, 11) is 0. The molecule has 0 radical (unpaired) electrons. The third-order valence-corrected chi connectivity index (χ3v) is 2.59. The van der Waals surface area contributed by atoms with Gasteiger partial charge in [0.2, 0.25) is 0 Å². The first kappa shape index (κ1) is 9.28. The van der Waals surface area contributed by atoms with Crippen LogP contribution in [0.5, 0.6) is 0 Å². The van der Waals surface area contributed by atoms with Crippen molar-refractivity contribution in [1.82, 2.24) is 4.98 Å². The summed E-state index contributed by atoms with van der Waals surface area (Å²) < 4.78 is 0. The minimum atomic E-state index is 0.577. The molecule has 0 aliphatic carbocycles. The smallest absolute Gasteiger partial charge is 0.127 e. The first-order valence-electron chi connectivity index (χ1n) is 4.56. The van der Waals surface area contributed by atoms with Gasteiger partial charge < -0.3 is 5.73 Å². The highest BCUT2D eigenvalue weighted by atomic mass is 35.5. The zero-order valence-electron chi connectivity index (χ0n) is 7.92. The lowest BCUT2D eigenvalue weighted by Gasteiger charge is -2.05. The largest absolute Gasteiger partial charge is 0.383 e. The van der Waals surface area contributed by atoms with E-state index in [1.165, 1.54) is 0 Å². The molecular weight excluding hydrogens is 196 g/mol. The Hall–Kier alpha value is -1.28. The van der Waals surface area contributed by atoms with E-state index in [4.69, 9.17) is 17.3 Å². The van der Waals surface area contributed by atoms with Crippen molar-refractivity contribution in [3.63, 3.8) is 0 Å². The van der Waals surface area contributed by atoms with E-state index in [9.17, 15) is 0 Å². The minimum Gasteiger partial charge on any atom is -0.383 e. The number of para-hydroxylation sites is 1. The summed E-state index contributed by atoms with van der Waals surface area (Å²) in [5.74, 6) is 0.577. The summed E-state index contributed by atoms with van der Waals surface area (Å²) in [5, 5.41) is 1.69. The Bertz CT molecular complexity index is 480. The Labute approximate surface area is 87.7 Å². The molecule has 2 aromatic rings. The number of hydrogen-bond donors (Lipinski definition) is 1. The summed E-state index contributed by atoms with van der Waals surface area (Å²) in [6, 6.07) is 7.78. The number of hydrogen-bond acceptors (Lipinski definition) is 2. The minimum absolute atomic E-state index is 0.577. The number of nitrogen functional groups attached to an aromatic ring is 1. The average Bonchev–Trinajstić information content (AvgIpc) is 2.19. The molecule has 2 rings (SSSR count). The van der Waals surface area contributed by atoms with Gasteiger partial charge in [0.15, 0.2) is 0 Å². The molecule has 1 heterocycles. The highest BCUT2D eigenvalue weighted by Gasteiger charge is 2.04. The van der Waals surface area contributed by atoms with Gasteiger partial charge in [-0.3, -0.25) is 0 Å². The van der Waals surface area contributed by atoms with Gasteiger partial charge in [-0.2, -0.15) is 0 Å². The van der Waals surface area contributed by atoms with Crippen LogP contribution in [-0.4, -0.2) is 4.98 Å². The van der Waals surface area contributed by atoms with Crippen LogP contribution in [-0.2, 0) is 6.42 Å². The van der Waals surface area contributed by atoms with Crippen LogP contribution in [0.15, 0.2) is 24.3 Å². The van der Waals surface area contributed by atoms with E-state index in [1.807, 2.05) is 24.3 Å². The van der Waals surface area contributed by atoms with E-state index in [1.54, 1.807) is 0 Å². The van der Waals surface area contributed by atoms with Crippen molar-refractivity contribution in [2.24, 2.45) is 0 Å². The Balaban J connectivity index is 2.79. The van der Waals surface area contributed by atoms with E-state index in [-0.39, 0.29) is 0 Å². The molecule has 2 N–H and O–H groups in total. The quantitative estimate of drug-likeness (QED) is 0.779. The van der Waals surface area contributed by atoms with Crippen LogP contribution in [0.4, 0.5) is 5.82 Å². The highest BCUT2D eigenvalue weighted by Crippen LogP contribution is 2.24. The highest BCUT2D eigenvalue weighted by molar-refractivity contribution is 6.35. The van der Waals surface area contributed by atoms with E-state index in [0.717, 1.165) is 22.9 Å². The Morgan fingerprint density at radius 1 is 1.43 bits per heavy atom. The van der Waals surface area contributed by atoms with Crippen molar-refractivity contribution in [2.45, 2.75) is 13.3 Å². The maximum atomic E-state index is 6.01. The Kier molecular flexibility index (Phi) is 2.30. The number of benzene rings is 1. The molecule has 72 valence electrons. The number of aromatic nitrogens is 1. The van der Waals surface area contributed by atoms with Crippen molar-refractivity contribution in [1.29, 1.82) is 0 Å². The number of fused-ring (bicyclic) bond motifs is 1. The van der Waals surface area contributed by atoms with Crippen LogP contribution in [0, 0.1) is 0 Å². The maximum Gasteiger partial charge on any atom is 0.127 e. The second kappa shape index (κ2) is 3.46. The number of pyridine rings is 1. The van der Waals surface area contributed by atoms with Crippen LogP contribution in [0.25, 0.3) is 10.9 Å². The molecule has 3 heteroatoms. The van der Waals surface area contributed by atoms with Gasteiger partial charge in [0.25, 0.3) is 0 Å². The molecule has 14 heavy (non-hydrogen) atoms. The number of aryl methyl sites for hydroxylation is 1. The predicted molar refractivity (Wildman–Crippen MR) is 60.5 cm³/mol. The van der Waals surface area contributed by atoms with Gasteiger partial charge in [0, 0.05) is 5.39 Å². The maximum absolute atomic E-state index is 6.01. The first-order valence-corrected chi connectivity index (χ1v) is 4.93. The van der Waals surface area contributed by atoms with Crippen LogP contribution >= 0.6 is 11.6 Å². The van der Waals surface area contributed by atoms with Gasteiger partial charge in [0.05, 0.1) is 10.5 Å². The summed E-state index contributed by atoms with van der Waals surface area (Å²) in [6.45, 7) is 2.06. The number of halogens is 1. The molecule has 0 atom stereocenters. The monoisotopic (exact) mass is 206 g/mol. The van der Waals surface area contributed by atoms with E-state index >= 15 is 0 Å². The van der Waals surface area contributed by atoms with Crippen molar-refractivity contribution >= 4 is 28.3 Å². The molecule has 1 aromatic heterocycles. The molecule has 0 saturated carbocycles. The molecule has 0 aliphatic rings. The average molecular weight is 207 g/mol. The standard InChI is InChI=1S/C11H11ClN2/c1-2-7-6-8-4-3-5-9(12)10(8)14-11(7)13/h3-6H,2H2,1H3,(H2,13,14). The molecule has 0 fully saturated rings. The fourth-order valence-corrected chi connectivity index (χ4v) is 1.73. The third kappa shape index (κ3) is 1.42. The first-order chi connectivity index (χ1) is 6.72. The van der Waals surface area contributed by atoms with Crippen LogP contribution in [0.1, 0.15) is 12.5 Å². The summed E-state index contributed by atoms with van der Waals surface area (Å²) in [4.78, 5) is 4.29. The molecule has 0 spiro atoms. The predicted octanol–water partition coefficient (Wildman–Crippen LogP) is 3.03. The van der Waals surface area contributed by atoms with E-state index in [0.29, 0.717) is 10.8 Å². The van der Waals surface area contributed by atoms with Gasteiger partial charge in [0.1, 0.15) is 5.82 Å². The number of rotatable bonds is 1. The van der Waals surface area contributed by atoms with E-state index in [2.05, 4.69) is 11.9 Å². The van der Waals surface area contributed by atoms with Crippen molar-refractivity contribution in [3.8, 4) is 0 Å². The lowest BCUT2D eigenvalue weighted by atomic mass is 10.1. The van der Waals surface area contributed by atoms with Gasteiger partial charge in [-0.25, -0.2) is 4.98 Å². The van der Waals surface area contributed by atoms with E-state index < -0.39 is 0 Å². The van der Waals surface area contributed by atoms with Crippen molar-refractivity contribution in [2.75, 3.05) is 5.73 Å². The zero-order chi connectivity index (χ0) is 10.1. The van der Waals surface area contributed by atoms with Crippen molar-refractivity contribution < 1.29 is 0 Å². The normalized spacial score (nSPS) is 10.7. The van der Waals surface area contributed by atoms with Crippen LogP contribution < -0.4 is 5.73 Å². The molecule has 1 aromatic carbocycles. The number of nitrogens with two attached hydrogens (primary N) is 1. The fraction of sp³-hybridized carbons (Fsp3) is 0.182. The molecule has 2 nitrogen and oxygen atoms in total. The van der Waals surface area contributed by atoms with Crippen LogP contribution in [0.2, 0.25) is 5.02 Å². The second-order valence-electron chi connectivity index (χ2n) is 3.20. The molecule has 0 saturated heterocycles. The molecular formula is C11H11ClN2. The second-order valence-corrected chi connectivity index (χ2v) is 3.61. The molecule has 0 bridgehead atoms. The van der Waals surface area contributed by atoms with Crippen molar-refractivity contribution in [3.05, 3.63) is 34.9 Å². The van der Waals surface area contributed by atoms with Gasteiger partial charge in [-0.1, -0.05) is 30.7 Å². The summed E-state index contributed by atoms with van der Waals surface area (Å²) >= 11 is 6.01. The Morgan fingerprint density at radius 2 is 2.21 bits per heavy atom. The Morgan fingerprint density at radius 3 is 2.93 bits per heavy atom.